The molecule has 0 radical (unpaired) electrons. The van der Waals surface area contributed by atoms with Gasteiger partial charge in [-0.3, -0.25) is 9.59 Å². The largest absolute Gasteiger partial charge is 0.312 e. The number of aryl methyl sites for hydroxylation is 2. The molecule has 0 aliphatic carbocycles. The Balaban J connectivity index is 2.31. The first kappa shape index (κ1) is 13.6. The summed E-state index contributed by atoms with van der Waals surface area (Å²) in [7, 11) is 0. The van der Waals surface area contributed by atoms with Crippen molar-refractivity contribution in [3.8, 4) is 0 Å². The number of hydrogen-bond acceptors (Lipinski definition) is 2. The molecule has 0 spiro atoms. The van der Waals surface area contributed by atoms with Crippen LogP contribution in [0.5, 0.6) is 0 Å². The van der Waals surface area contributed by atoms with Crippen molar-refractivity contribution < 1.29 is 4.79 Å². The van der Waals surface area contributed by atoms with Crippen molar-refractivity contribution in [2.24, 2.45) is 0 Å². The zero-order valence-corrected chi connectivity index (χ0v) is 11.4. The first-order chi connectivity index (χ1) is 9.13. The van der Waals surface area contributed by atoms with Gasteiger partial charge in [0.15, 0.2) is 6.29 Å². The van der Waals surface area contributed by atoms with Gasteiger partial charge >= 0.3 is 0 Å². The lowest BCUT2D eigenvalue weighted by Crippen LogP contribution is -2.26. The number of nitrogens with zero attached hydrogens (tertiary/aromatic N) is 1. The lowest BCUT2D eigenvalue weighted by atomic mass is 10.1. The highest BCUT2D eigenvalue weighted by atomic mass is 35.5. The van der Waals surface area contributed by atoms with Crippen LogP contribution in [-0.2, 0) is 13.0 Å². The fourth-order valence-electron chi connectivity index (χ4n) is 2.02. The first-order valence-electron chi connectivity index (χ1n) is 6.02. The van der Waals surface area contributed by atoms with Crippen molar-refractivity contribution in [1.82, 2.24) is 4.57 Å². The smallest absolute Gasteiger partial charge is 0.262 e. The van der Waals surface area contributed by atoms with Crippen molar-refractivity contribution in [3.05, 3.63) is 68.6 Å². The van der Waals surface area contributed by atoms with E-state index in [2.05, 4.69) is 0 Å². The minimum absolute atomic E-state index is 0.0281. The molecule has 0 N–H and O–H groups in total. The van der Waals surface area contributed by atoms with Crippen LogP contribution in [0.1, 0.15) is 21.6 Å². The molecule has 0 fully saturated rings. The van der Waals surface area contributed by atoms with Gasteiger partial charge in [-0.25, -0.2) is 0 Å². The van der Waals surface area contributed by atoms with E-state index in [-0.39, 0.29) is 16.1 Å². The summed E-state index contributed by atoms with van der Waals surface area (Å²) >= 11 is 5.88. The van der Waals surface area contributed by atoms with E-state index in [9.17, 15) is 9.59 Å². The van der Waals surface area contributed by atoms with Gasteiger partial charge in [-0.05, 0) is 25.0 Å². The summed E-state index contributed by atoms with van der Waals surface area (Å²) in [5.74, 6) is 0. The van der Waals surface area contributed by atoms with Gasteiger partial charge in [-0.15, -0.1) is 0 Å². The second kappa shape index (κ2) is 5.85. The molecule has 2 aromatic rings. The molecule has 1 heterocycles. The molecule has 0 amide bonds. The van der Waals surface area contributed by atoms with Crippen molar-refractivity contribution in [2.75, 3.05) is 0 Å². The molecule has 0 aliphatic heterocycles. The van der Waals surface area contributed by atoms with E-state index in [1.54, 1.807) is 10.6 Å². The van der Waals surface area contributed by atoms with E-state index in [0.29, 0.717) is 12.8 Å². The molecule has 0 aliphatic rings. The predicted octanol–water partition coefficient (Wildman–Crippen LogP) is 2.87. The summed E-state index contributed by atoms with van der Waals surface area (Å²) in [5.41, 5.74) is 1.61. The Kier molecular flexibility index (Phi) is 4.17. The molecular formula is C15H14ClNO2. The number of halogens is 1. The van der Waals surface area contributed by atoms with Crippen molar-refractivity contribution in [1.29, 1.82) is 0 Å². The standard InChI is InChI=1S/C15H14ClNO2/c1-11-9-14(16)13(10-18)15(19)17(11)8-7-12-5-3-2-4-6-12/h2-6,9-10H,7-8H2,1H3. The van der Waals surface area contributed by atoms with Crippen molar-refractivity contribution in [2.45, 2.75) is 19.9 Å². The zero-order valence-electron chi connectivity index (χ0n) is 10.6. The van der Waals surface area contributed by atoms with Gasteiger partial charge in [0.05, 0.1) is 10.6 Å². The topological polar surface area (TPSA) is 39.1 Å². The van der Waals surface area contributed by atoms with E-state index in [1.165, 1.54) is 0 Å². The highest BCUT2D eigenvalue weighted by Gasteiger charge is 2.10. The molecule has 0 atom stereocenters. The number of hydrogen-bond donors (Lipinski definition) is 0. The van der Waals surface area contributed by atoms with Crippen LogP contribution in [-0.4, -0.2) is 10.9 Å². The van der Waals surface area contributed by atoms with Crippen LogP contribution >= 0.6 is 11.6 Å². The van der Waals surface area contributed by atoms with Crippen LogP contribution in [0.15, 0.2) is 41.2 Å². The molecule has 0 unspecified atom stereocenters. The number of carbonyl (C=O) groups is 1. The number of pyridine rings is 1. The molecule has 0 saturated heterocycles. The van der Waals surface area contributed by atoms with Crippen LogP contribution in [0.2, 0.25) is 5.02 Å². The number of aromatic nitrogens is 1. The highest BCUT2D eigenvalue weighted by molar-refractivity contribution is 6.32. The number of aldehydes is 1. The highest BCUT2D eigenvalue weighted by Crippen LogP contribution is 2.13. The maximum atomic E-state index is 12.1. The lowest BCUT2D eigenvalue weighted by molar-refractivity contribution is 0.112. The monoisotopic (exact) mass is 275 g/mol. The van der Waals surface area contributed by atoms with Gasteiger partial charge < -0.3 is 4.57 Å². The fraction of sp³-hybridized carbons (Fsp3) is 0.200. The maximum absolute atomic E-state index is 12.1. The minimum atomic E-state index is -0.323. The Morgan fingerprint density at radius 1 is 1.26 bits per heavy atom. The van der Waals surface area contributed by atoms with Gasteiger partial charge in [0.1, 0.15) is 0 Å². The summed E-state index contributed by atoms with van der Waals surface area (Å²) in [5, 5.41) is 0.216. The molecule has 0 bridgehead atoms. The molecule has 1 aromatic carbocycles. The minimum Gasteiger partial charge on any atom is -0.312 e. The van der Waals surface area contributed by atoms with Gasteiger partial charge in [-0.2, -0.15) is 0 Å². The molecule has 1 aromatic heterocycles. The maximum Gasteiger partial charge on any atom is 0.262 e. The fourth-order valence-corrected chi connectivity index (χ4v) is 2.30. The van der Waals surface area contributed by atoms with Crippen LogP contribution in [0.25, 0.3) is 0 Å². The second-order valence-corrected chi connectivity index (χ2v) is 4.76. The average Bonchev–Trinajstić information content (AvgIpc) is 2.39. The third-order valence-electron chi connectivity index (χ3n) is 3.08. The Morgan fingerprint density at radius 2 is 1.95 bits per heavy atom. The Morgan fingerprint density at radius 3 is 2.58 bits per heavy atom. The van der Waals surface area contributed by atoms with Crippen LogP contribution in [0.4, 0.5) is 0 Å². The van der Waals surface area contributed by atoms with Crippen LogP contribution in [0.3, 0.4) is 0 Å². The summed E-state index contributed by atoms with van der Waals surface area (Å²) in [6, 6.07) is 11.5. The summed E-state index contributed by atoms with van der Waals surface area (Å²) in [6.45, 7) is 2.35. The average molecular weight is 276 g/mol. The summed E-state index contributed by atoms with van der Waals surface area (Å²) in [4.78, 5) is 23.0. The van der Waals surface area contributed by atoms with Gasteiger partial charge in [0.2, 0.25) is 0 Å². The number of benzene rings is 1. The molecule has 0 saturated carbocycles. The van der Waals surface area contributed by atoms with Gasteiger partial charge in [0.25, 0.3) is 5.56 Å². The molecule has 98 valence electrons. The molecule has 4 heteroatoms. The predicted molar refractivity (Wildman–Crippen MR) is 76.0 cm³/mol. The third-order valence-corrected chi connectivity index (χ3v) is 3.39. The SMILES string of the molecule is Cc1cc(Cl)c(C=O)c(=O)n1CCc1ccccc1. The number of rotatable bonds is 4. The lowest BCUT2D eigenvalue weighted by Gasteiger charge is -2.11. The van der Waals surface area contributed by atoms with E-state index in [4.69, 9.17) is 11.6 Å². The molecule has 2 rings (SSSR count). The Hall–Kier alpha value is -1.87. The first-order valence-corrected chi connectivity index (χ1v) is 6.40. The van der Waals surface area contributed by atoms with Crippen LogP contribution < -0.4 is 5.56 Å². The van der Waals surface area contributed by atoms with Gasteiger partial charge in [0, 0.05) is 12.2 Å². The van der Waals surface area contributed by atoms with E-state index >= 15 is 0 Å². The quantitative estimate of drug-likeness (QED) is 0.805. The molecule has 3 nitrogen and oxygen atoms in total. The van der Waals surface area contributed by atoms with Crippen molar-refractivity contribution in [3.63, 3.8) is 0 Å². The normalized spacial score (nSPS) is 10.4. The summed E-state index contributed by atoms with van der Waals surface area (Å²) in [6.07, 6.45) is 1.25. The third kappa shape index (κ3) is 2.93. The zero-order chi connectivity index (χ0) is 13.8. The van der Waals surface area contributed by atoms with Gasteiger partial charge in [-0.1, -0.05) is 41.9 Å². The Bertz CT molecular complexity index is 647. The number of carbonyl (C=O) groups excluding carboxylic acids is 1. The molecular weight excluding hydrogens is 262 g/mol. The van der Waals surface area contributed by atoms with Crippen molar-refractivity contribution >= 4 is 17.9 Å². The van der Waals surface area contributed by atoms with E-state index in [0.717, 1.165) is 17.7 Å². The summed E-state index contributed by atoms with van der Waals surface area (Å²) < 4.78 is 1.59. The van der Waals surface area contributed by atoms with E-state index < -0.39 is 0 Å². The Labute approximate surface area is 116 Å². The van der Waals surface area contributed by atoms with E-state index in [1.807, 2.05) is 37.3 Å². The van der Waals surface area contributed by atoms with Crippen LogP contribution in [0, 0.1) is 6.92 Å². The second-order valence-electron chi connectivity index (χ2n) is 4.36. The molecule has 19 heavy (non-hydrogen) atoms.